The first kappa shape index (κ1) is 21.0. The van der Waals surface area contributed by atoms with Crippen LogP contribution in [0.4, 0.5) is 23.8 Å². The molecule has 2 atom stereocenters. The van der Waals surface area contributed by atoms with Crippen LogP contribution in [0.3, 0.4) is 0 Å². The molecule has 0 bridgehead atoms. The topological polar surface area (TPSA) is 148 Å². The Hall–Kier alpha value is -4.10. The maximum Gasteiger partial charge on any atom is 0.407 e. The fraction of sp³-hybridized carbons (Fsp3) is 0.435. The Kier molecular flexibility index (Phi) is 5.16. The van der Waals surface area contributed by atoms with E-state index >= 15 is 0 Å². The van der Waals surface area contributed by atoms with E-state index < -0.39 is 49.6 Å². The molecule has 2 amide bonds. The number of aromatic nitrogens is 4. The molecule has 37 heavy (non-hydrogen) atoms. The standard InChI is InChI=1S/C23H24F3N7O4/c1-37-21-14(20(34)31-16-9-32(22(35)36)8-15(16)24)3-13(7-28-21)17-4-12(2-11-5-23(25,26)6-11)18-19(27)29-10-30-33(17)18/h3-4,7,10-11,15-16H,2,5-6,8-9H2,1H3,(H,31,34)(H,35,36)(H2,27,29,30)/t15-,16+/m0/s1/i1D3. The van der Waals surface area contributed by atoms with E-state index in [1.807, 2.05) is 0 Å². The molecule has 2 aliphatic rings. The molecule has 196 valence electrons. The lowest BCUT2D eigenvalue weighted by Crippen LogP contribution is -2.41. The lowest BCUT2D eigenvalue weighted by atomic mass is 9.77. The van der Waals surface area contributed by atoms with Gasteiger partial charge < -0.3 is 25.8 Å². The summed E-state index contributed by atoms with van der Waals surface area (Å²) >= 11 is 0. The van der Waals surface area contributed by atoms with Crippen molar-refractivity contribution in [2.45, 2.75) is 37.4 Å². The number of nitrogens with two attached hydrogens (primary N) is 1. The summed E-state index contributed by atoms with van der Waals surface area (Å²) in [5.41, 5.74) is 7.33. The van der Waals surface area contributed by atoms with Crippen molar-refractivity contribution in [3.8, 4) is 17.1 Å². The normalized spacial score (nSPS) is 22.7. The third-order valence-electron chi connectivity index (χ3n) is 6.67. The van der Waals surface area contributed by atoms with Crippen molar-refractivity contribution >= 4 is 23.3 Å². The Morgan fingerprint density at radius 2 is 2.11 bits per heavy atom. The Labute approximate surface area is 212 Å². The highest BCUT2D eigenvalue weighted by Gasteiger charge is 2.45. The molecule has 5 rings (SSSR count). The summed E-state index contributed by atoms with van der Waals surface area (Å²) in [6, 6.07) is 1.72. The number of hydrogen-bond donors (Lipinski definition) is 3. The van der Waals surface area contributed by atoms with Gasteiger partial charge in [0.05, 0.1) is 29.4 Å². The number of anilines is 1. The van der Waals surface area contributed by atoms with Gasteiger partial charge in [-0.05, 0) is 30.0 Å². The number of hydrogen-bond acceptors (Lipinski definition) is 7. The Bertz CT molecular complexity index is 1480. The highest BCUT2D eigenvalue weighted by molar-refractivity contribution is 5.98. The number of carboxylic acid groups (broad SMARTS) is 1. The van der Waals surface area contributed by atoms with Crippen molar-refractivity contribution in [3.05, 3.63) is 35.8 Å². The number of rotatable bonds is 6. The van der Waals surface area contributed by atoms with Crippen molar-refractivity contribution in [2.24, 2.45) is 5.92 Å². The predicted octanol–water partition coefficient (Wildman–Crippen LogP) is 2.40. The molecule has 1 saturated heterocycles. The summed E-state index contributed by atoms with van der Waals surface area (Å²) in [4.78, 5) is 33.2. The molecular formula is C23H24F3N7O4. The quantitative estimate of drug-likeness (QED) is 0.447. The number of pyridine rings is 1. The first-order valence-corrected chi connectivity index (χ1v) is 11.3. The minimum absolute atomic E-state index is 0.105. The van der Waals surface area contributed by atoms with Gasteiger partial charge in [-0.1, -0.05) is 0 Å². The number of nitrogen functional groups attached to an aromatic ring is 1. The summed E-state index contributed by atoms with van der Waals surface area (Å²) in [5, 5.41) is 15.7. The van der Waals surface area contributed by atoms with Gasteiger partial charge in [0, 0.05) is 31.1 Å². The van der Waals surface area contributed by atoms with E-state index in [2.05, 4.69) is 20.4 Å². The van der Waals surface area contributed by atoms with Crippen LogP contribution in [0.25, 0.3) is 16.8 Å². The van der Waals surface area contributed by atoms with Gasteiger partial charge in [-0.25, -0.2) is 32.4 Å². The number of amides is 2. The van der Waals surface area contributed by atoms with Crippen LogP contribution in [-0.2, 0) is 6.42 Å². The van der Waals surface area contributed by atoms with Crippen LogP contribution in [0.1, 0.15) is 32.9 Å². The first-order valence-electron chi connectivity index (χ1n) is 12.8. The zero-order valence-electron chi connectivity index (χ0n) is 22.2. The van der Waals surface area contributed by atoms with Crippen LogP contribution in [0.5, 0.6) is 5.88 Å². The fourth-order valence-electron chi connectivity index (χ4n) is 4.89. The van der Waals surface area contributed by atoms with Gasteiger partial charge in [0.25, 0.3) is 5.91 Å². The second kappa shape index (κ2) is 9.09. The van der Waals surface area contributed by atoms with Gasteiger partial charge in [0.15, 0.2) is 5.82 Å². The third kappa shape index (κ3) is 4.58. The summed E-state index contributed by atoms with van der Waals surface area (Å²) in [6.45, 7) is -0.752. The van der Waals surface area contributed by atoms with Gasteiger partial charge in [-0.3, -0.25) is 4.79 Å². The highest BCUT2D eigenvalue weighted by atomic mass is 19.3. The number of fused-ring (bicyclic) bond motifs is 1. The molecular weight excluding hydrogens is 495 g/mol. The number of methoxy groups -OCH3 is 1. The summed E-state index contributed by atoms with van der Waals surface area (Å²) in [7, 11) is -2.97. The average Bonchev–Trinajstić information content (AvgIpc) is 3.38. The summed E-state index contributed by atoms with van der Waals surface area (Å²) < 4.78 is 70.0. The lowest BCUT2D eigenvalue weighted by Gasteiger charge is -2.34. The number of alkyl halides is 3. The molecule has 0 aromatic carbocycles. The highest BCUT2D eigenvalue weighted by Crippen LogP contribution is 2.45. The molecule has 0 spiro atoms. The smallest absolute Gasteiger partial charge is 0.407 e. The molecule has 4 heterocycles. The Morgan fingerprint density at radius 1 is 1.32 bits per heavy atom. The monoisotopic (exact) mass is 522 g/mol. The number of nitrogens with zero attached hydrogens (tertiary/aromatic N) is 5. The number of carbonyl (C=O) groups is 2. The molecule has 0 radical (unpaired) electrons. The van der Waals surface area contributed by atoms with Crippen LogP contribution >= 0.6 is 0 Å². The van der Waals surface area contributed by atoms with E-state index in [-0.39, 0.29) is 48.7 Å². The van der Waals surface area contributed by atoms with Crippen molar-refractivity contribution in [1.82, 2.24) is 29.8 Å². The van der Waals surface area contributed by atoms with Gasteiger partial charge in [-0.2, -0.15) is 5.10 Å². The van der Waals surface area contributed by atoms with E-state index in [0.29, 0.717) is 16.8 Å². The molecule has 1 aliphatic carbocycles. The molecule has 11 nitrogen and oxygen atoms in total. The van der Waals surface area contributed by atoms with Crippen molar-refractivity contribution in [1.29, 1.82) is 0 Å². The Balaban J connectivity index is 1.52. The molecule has 3 aromatic rings. The SMILES string of the molecule is [2H]C([2H])([2H])Oc1ncc(-c2cc(CC3CC(F)(F)C3)c3c(N)ncnn23)cc1C(=O)N[C@@H]1CN(C(=O)O)C[C@@H]1F. The van der Waals surface area contributed by atoms with Crippen LogP contribution in [-0.4, -0.2) is 79.9 Å². The molecule has 0 unspecified atom stereocenters. The van der Waals surface area contributed by atoms with Crippen LogP contribution in [0.2, 0.25) is 0 Å². The molecule has 3 aromatic heterocycles. The second-order valence-corrected chi connectivity index (χ2v) is 9.26. The number of nitrogens with one attached hydrogen (secondary N) is 1. The van der Waals surface area contributed by atoms with Gasteiger partial charge >= 0.3 is 6.09 Å². The minimum Gasteiger partial charge on any atom is -0.480 e. The van der Waals surface area contributed by atoms with E-state index in [4.69, 9.17) is 19.7 Å². The molecule has 14 heteroatoms. The molecule has 1 aliphatic heterocycles. The second-order valence-electron chi connectivity index (χ2n) is 9.26. The minimum atomic E-state index is -2.97. The average molecular weight is 523 g/mol. The van der Waals surface area contributed by atoms with Gasteiger partial charge in [0.2, 0.25) is 11.8 Å². The zero-order chi connectivity index (χ0) is 29.0. The van der Waals surface area contributed by atoms with Crippen LogP contribution < -0.4 is 15.8 Å². The predicted molar refractivity (Wildman–Crippen MR) is 124 cm³/mol. The lowest BCUT2D eigenvalue weighted by molar-refractivity contribution is -0.109. The van der Waals surface area contributed by atoms with Crippen molar-refractivity contribution in [2.75, 3.05) is 25.9 Å². The van der Waals surface area contributed by atoms with Crippen LogP contribution in [0, 0.1) is 5.92 Å². The van der Waals surface area contributed by atoms with Crippen LogP contribution in [0.15, 0.2) is 24.7 Å². The van der Waals surface area contributed by atoms with E-state index in [1.165, 1.54) is 23.1 Å². The maximum atomic E-state index is 14.5. The molecule has 4 N–H and O–H groups in total. The van der Waals surface area contributed by atoms with Gasteiger partial charge in [0.1, 0.15) is 23.6 Å². The molecule has 2 fully saturated rings. The van der Waals surface area contributed by atoms with Crippen molar-refractivity contribution in [3.63, 3.8) is 0 Å². The fourth-order valence-corrected chi connectivity index (χ4v) is 4.89. The van der Waals surface area contributed by atoms with E-state index in [0.717, 1.165) is 4.90 Å². The molecule has 1 saturated carbocycles. The largest absolute Gasteiger partial charge is 0.480 e. The summed E-state index contributed by atoms with van der Waals surface area (Å²) in [6.07, 6.45) is -0.880. The Morgan fingerprint density at radius 3 is 2.78 bits per heavy atom. The van der Waals surface area contributed by atoms with Gasteiger partial charge in [-0.15, -0.1) is 0 Å². The number of likely N-dealkylation sites (tertiary alicyclic amines) is 1. The zero-order valence-corrected chi connectivity index (χ0v) is 19.2. The van der Waals surface area contributed by atoms with E-state index in [1.54, 1.807) is 6.07 Å². The number of ether oxygens (including phenoxy) is 1. The van der Waals surface area contributed by atoms with Crippen molar-refractivity contribution < 1.29 is 36.7 Å². The number of halogens is 3. The maximum absolute atomic E-state index is 14.5. The number of carbonyl (C=O) groups excluding carboxylic acids is 1. The third-order valence-corrected chi connectivity index (χ3v) is 6.67. The summed E-state index contributed by atoms with van der Waals surface area (Å²) in [5.74, 6) is -4.39. The van der Waals surface area contributed by atoms with E-state index in [9.17, 15) is 22.8 Å². The first-order chi connectivity index (χ1) is 18.7.